The van der Waals surface area contributed by atoms with Crippen LogP contribution in [0, 0.1) is 0 Å². The van der Waals surface area contributed by atoms with Gasteiger partial charge in [0, 0.05) is 60.2 Å². The molecule has 1 unspecified atom stereocenters. The highest BCUT2D eigenvalue weighted by Gasteiger charge is 2.22. The molecule has 2 aliphatic rings. The number of aliphatic imine (C=N–C) groups is 1. The SMILES string of the molecule is CN=C(NCCS(=O)(=O)NCC1CCCCO1)N1CCC(OCCCOC)CC1. The van der Waals surface area contributed by atoms with Crippen LogP contribution in [-0.4, -0.2) is 97.4 Å². The zero-order valence-electron chi connectivity index (χ0n) is 17.9. The first kappa shape index (κ1) is 24.3. The molecule has 0 bridgehead atoms. The summed E-state index contributed by atoms with van der Waals surface area (Å²) in [6.45, 7) is 4.54. The summed E-state index contributed by atoms with van der Waals surface area (Å²) in [7, 11) is 0.0874. The highest BCUT2D eigenvalue weighted by molar-refractivity contribution is 7.89. The molecule has 2 heterocycles. The summed E-state index contributed by atoms with van der Waals surface area (Å²) in [5, 5.41) is 3.18. The zero-order chi connectivity index (χ0) is 21.0. The molecule has 0 aromatic rings. The van der Waals surface area contributed by atoms with Crippen molar-refractivity contribution in [1.82, 2.24) is 14.9 Å². The highest BCUT2D eigenvalue weighted by Crippen LogP contribution is 2.14. The number of likely N-dealkylation sites (tertiary alicyclic amines) is 1. The van der Waals surface area contributed by atoms with Crippen LogP contribution in [0.1, 0.15) is 38.5 Å². The number of ether oxygens (including phenoxy) is 3. The number of methoxy groups -OCH3 is 1. The van der Waals surface area contributed by atoms with Crippen molar-refractivity contribution in [1.29, 1.82) is 0 Å². The molecule has 170 valence electrons. The third kappa shape index (κ3) is 9.61. The Kier molecular flexibility index (Phi) is 11.2. The third-order valence-corrected chi connectivity index (χ3v) is 6.61. The van der Waals surface area contributed by atoms with Gasteiger partial charge in [0.1, 0.15) is 0 Å². The minimum atomic E-state index is -3.34. The van der Waals surface area contributed by atoms with E-state index < -0.39 is 10.0 Å². The zero-order valence-corrected chi connectivity index (χ0v) is 18.7. The number of nitrogens with one attached hydrogen (secondary N) is 2. The molecule has 0 aromatic heterocycles. The molecular formula is C19H38N4O5S. The van der Waals surface area contributed by atoms with E-state index in [4.69, 9.17) is 14.2 Å². The van der Waals surface area contributed by atoms with Gasteiger partial charge in [0.2, 0.25) is 10.0 Å². The van der Waals surface area contributed by atoms with Crippen LogP contribution >= 0.6 is 0 Å². The van der Waals surface area contributed by atoms with Crippen LogP contribution in [0.5, 0.6) is 0 Å². The first-order chi connectivity index (χ1) is 14.0. The number of piperidine rings is 1. The van der Waals surface area contributed by atoms with Crippen molar-refractivity contribution >= 4 is 16.0 Å². The van der Waals surface area contributed by atoms with Gasteiger partial charge in [-0.25, -0.2) is 13.1 Å². The van der Waals surface area contributed by atoms with Crippen molar-refractivity contribution in [3.8, 4) is 0 Å². The van der Waals surface area contributed by atoms with E-state index in [9.17, 15) is 8.42 Å². The fourth-order valence-corrected chi connectivity index (χ4v) is 4.53. The molecule has 0 spiro atoms. The van der Waals surface area contributed by atoms with Gasteiger partial charge in [-0.3, -0.25) is 4.99 Å². The van der Waals surface area contributed by atoms with Gasteiger partial charge in [-0.05, 0) is 38.5 Å². The largest absolute Gasteiger partial charge is 0.385 e. The summed E-state index contributed by atoms with van der Waals surface area (Å²) in [6, 6.07) is 0. The van der Waals surface area contributed by atoms with Gasteiger partial charge in [-0.2, -0.15) is 0 Å². The normalized spacial score (nSPS) is 22.1. The van der Waals surface area contributed by atoms with Crippen LogP contribution in [0.15, 0.2) is 4.99 Å². The maximum atomic E-state index is 12.2. The molecule has 9 nitrogen and oxygen atoms in total. The summed E-state index contributed by atoms with van der Waals surface area (Å²) in [4.78, 5) is 6.46. The van der Waals surface area contributed by atoms with Gasteiger partial charge < -0.3 is 24.4 Å². The van der Waals surface area contributed by atoms with Gasteiger partial charge in [-0.15, -0.1) is 0 Å². The van der Waals surface area contributed by atoms with Crippen molar-refractivity contribution in [2.24, 2.45) is 4.99 Å². The predicted molar refractivity (Wildman–Crippen MR) is 114 cm³/mol. The Bertz CT molecular complexity index is 573. The highest BCUT2D eigenvalue weighted by atomic mass is 32.2. The van der Waals surface area contributed by atoms with Crippen molar-refractivity contribution in [2.75, 3.05) is 65.9 Å². The van der Waals surface area contributed by atoms with Gasteiger partial charge >= 0.3 is 0 Å². The van der Waals surface area contributed by atoms with E-state index in [1.807, 2.05) is 0 Å². The topological polar surface area (TPSA) is 101 Å². The second-order valence-electron chi connectivity index (χ2n) is 7.53. The second-order valence-corrected chi connectivity index (χ2v) is 9.46. The maximum absolute atomic E-state index is 12.2. The number of rotatable bonds is 11. The lowest BCUT2D eigenvalue weighted by atomic mass is 10.1. The minimum Gasteiger partial charge on any atom is -0.385 e. The van der Waals surface area contributed by atoms with Crippen LogP contribution in [0.25, 0.3) is 0 Å². The average molecular weight is 435 g/mol. The second kappa shape index (κ2) is 13.4. The monoisotopic (exact) mass is 434 g/mol. The van der Waals surface area contributed by atoms with Gasteiger partial charge in [0.05, 0.1) is 18.0 Å². The molecule has 0 aliphatic carbocycles. The molecule has 0 radical (unpaired) electrons. The van der Waals surface area contributed by atoms with E-state index in [-0.39, 0.29) is 18.0 Å². The van der Waals surface area contributed by atoms with E-state index >= 15 is 0 Å². The summed E-state index contributed by atoms with van der Waals surface area (Å²) in [6.07, 6.45) is 6.13. The summed E-state index contributed by atoms with van der Waals surface area (Å²) >= 11 is 0. The summed E-state index contributed by atoms with van der Waals surface area (Å²) in [5.74, 6) is 0.756. The van der Waals surface area contributed by atoms with E-state index in [1.165, 1.54) is 0 Å². The van der Waals surface area contributed by atoms with Crippen molar-refractivity contribution < 1.29 is 22.6 Å². The Morgan fingerprint density at radius 3 is 2.66 bits per heavy atom. The van der Waals surface area contributed by atoms with Gasteiger partial charge in [-0.1, -0.05) is 0 Å². The Morgan fingerprint density at radius 1 is 1.21 bits per heavy atom. The third-order valence-electron chi connectivity index (χ3n) is 5.26. The minimum absolute atomic E-state index is 0.00253. The lowest BCUT2D eigenvalue weighted by Gasteiger charge is -2.34. The molecule has 2 N–H and O–H groups in total. The predicted octanol–water partition coefficient (Wildman–Crippen LogP) is 0.568. The number of hydrogen-bond acceptors (Lipinski definition) is 6. The molecule has 2 saturated heterocycles. The van der Waals surface area contributed by atoms with E-state index in [1.54, 1.807) is 14.2 Å². The van der Waals surface area contributed by atoms with Crippen LogP contribution in [0.3, 0.4) is 0 Å². The Balaban J connectivity index is 1.63. The molecule has 0 saturated carbocycles. The standard InChI is InChI=1S/C19H38N4O5S/c1-20-19(23-10-7-17(8-11-23)27-14-5-12-26-2)21-9-15-29(24,25)22-16-18-6-3-4-13-28-18/h17-18,22H,3-16H2,1-2H3,(H,20,21). The molecule has 1 atom stereocenters. The van der Waals surface area contributed by atoms with Gasteiger partial charge in [0.15, 0.2) is 5.96 Å². The number of hydrogen-bond donors (Lipinski definition) is 2. The molecule has 10 heteroatoms. The Labute approximate surface area is 175 Å². The van der Waals surface area contributed by atoms with Crippen molar-refractivity contribution in [2.45, 2.75) is 50.7 Å². The lowest BCUT2D eigenvalue weighted by molar-refractivity contribution is 0.00992. The smallest absolute Gasteiger partial charge is 0.213 e. The van der Waals surface area contributed by atoms with Crippen molar-refractivity contribution in [3.63, 3.8) is 0 Å². The van der Waals surface area contributed by atoms with Gasteiger partial charge in [0.25, 0.3) is 0 Å². The Morgan fingerprint density at radius 2 is 2.00 bits per heavy atom. The van der Waals surface area contributed by atoms with Crippen LogP contribution in [-0.2, 0) is 24.2 Å². The molecule has 2 rings (SSSR count). The van der Waals surface area contributed by atoms with E-state index in [2.05, 4.69) is 19.9 Å². The molecule has 2 fully saturated rings. The quantitative estimate of drug-likeness (QED) is 0.278. The lowest BCUT2D eigenvalue weighted by Crippen LogP contribution is -2.48. The van der Waals surface area contributed by atoms with E-state index in [0.717, 1.165) is 77.4 Å². The maximum Gasteiger partial charge on any atom is 0.213 e. The first-order valence-electron chi connectivity index (χ1n) is 10.7. The first-order valence-corrected chi connectivity index (χ1v) is 12.3. The fourth-order valence-electron chi connectivity index (χ4n) is 3.58. The fraction of sp³-hybridized carbons (Fsp3) is 0.947. The van der Waals surface area contributed by atoms with Crippen LogP contribution in [0.2, 0.25) is 0 Å². The summed E-state index contributed by atoms with van der Waals surface area (Å²) < 4.78 is 43.6. The molecule has 0 aromatic carbocycles. The van der Waals surface area contributed by atoms with E-state index in [0.29, 0.717) is 13.1 Å². The summed E-state index contributed by atoms with van der Waals surface area (Å²) in [5.41, 5.74) is 0. The number of sulfonamides is 1. The Hall–Kier alpha value is -0.940. The molecule has 2 aliphatic heterocycles. The average Bonchev–Trinajstić information content (AvgIpc) is 2.74. The van der Waals surface area contributed by atoms with Crippen LogP contribution < -0.4 is 10.0 Å². The van der Waals surface area contributed by atoms with Crippen LogP contribution in [0.4, 0.5) is 0 Å². The molecular weight excluding hydrogens is 396 g/mol. The van der Waals surface area contributed by atoms with Crippen molar-refractivity contribution in [3.05, 3.63) is 0 Å². The molecule has 29 heavy (non-hydrogen) atoms. The molecule has 0 amide bonds. The number of guanidine groups is 1. The number of nitrogens with zero attached hydrogens (tertiary/aromatic N) is 2.